The Morgan fingerprint density at radius 1 is 1.03 bits per heavy atom. The quantitative estimate of drug-likeness (QED) is 0.543. The highest BCUT2D eigenvalue weighted by molar-refractivity contribution is 5.92. The molecule has 0 spiro atoms. The van der Waals surface area contributed by atoms with Crippen LogP contribution in [0.15, 0.2) is 80.7 Å². The van der Waals surface area contributed by atoms with Crippen molar-refractivity contribution in [3.05, 3.63) is 93.1 Å². The molecular weight excluding hydrogens is 370 g/mol. The normalized spacial score (nSPS) is 10.8. The van der Waals surface area contributed by atoms with Gasteiger partial charge in [0.25, 0.3) is 5.56 Å². The Morgan fingerprint density at radius 2 is 1.79 bits per heavy atom. The molecule has 7 heteroatoms. The maximum absolute atomic E-state index is 12.4. The van der Waals surface area contributed by atoms with E-state index >= 15 is 0 Å². The molecule has 4 rings (SSSR count). The second-order valence-corrected chi connectivity index (χ2v) is 6.61. The van der Waals surface area contributed by atoms with Gasteiger partial charge in [0.2, 0.25) is 5.91 Å². The molecule has 2 aromatic heterocycles. The summed E-state index contributed by atoms with van der Waals surface area (Å²) in [4.78, 5) is 36.6. The SMILES string of the molecule is Cc1ccc(-c2ccc(=O)n(CC(=O)Nc3cc4ccccc4oc3=O)n2)cc1. The van der Waals surface area contributed by atoms with Crippen LogP contribution >= 0.6 is 0 Å². The average Bonchev–Trinajstić information content (AvgIpc) is 2.71. The zero-order valence-electron chi connectivity index (χ0n) is 15.6. The van der Waals surface area contributed by atoms with Gasteiger partial charge in [-0.05, 0) is 25.1 Å². The van der Waals surface area contributed by atoms with Crippen molar-refractivity contribution in [2.24, 2.45) is 0 Å². The Labute approximate surface area is 165 Å². The number of carbonyl (C=O) groups is 1. The lowest BCUT2D eigenvalue weighted by molar-refractivity contribution is -0.117. The highest BCUT2D eigenvalue weighted by Gasteiger charge is 2.12. The van der Waals surface area contributed by atoms with E-state index in [-0.39, 0.29) is 12.2 Å². The van der Waals surface area contributed by atoms with Gasteiger partial charge in [-0.3, -0.25) is 9.59 Å². The van der Waals surface area contributed by atoms with Crippen molar-refractivity contribution in [3.8, 4) is 11.3 Å². The molecule has 0 bridgehead atoms. The number of para-hydroxylation sites is 1. The van der Waals surface area contributed by atoms with E-state index in [4.69, 9.17) is 4.42 Å². The number of nitrogens with one attached hydrogen (secondary N) is 1. The first-order chi connectivity index (χ1) is 14.0. The molecule has 4 aromatic rings. The number of aromatic nitrogens is 2. The van der Waals surface area contributed by atoms with Crippen LogP contribution in [0.25, 0.3) is 22.2 Å². The zero-order chi connectivity index (χ0) is 20.4. The van der Waals surface area contributed by atoms with Gasteiger partial charge in [-0.1, -0.05) is 48.0 Å². The first-order valence-electron chi connectivity index (χ1n) is 8.97. The van der Waals surface area contributed by atoms with Gasteiger partial charge in [-0.25, -0.2) is 9.48 Å². The van der Waals surface area contributed by atoms with Crippen molar-refractivity contribution >= 4 is 22.6 Å². The summed E-state index contributed by atoms with van der Waals surface area (Å²) in [6.45, 7) is 1.65. The topological polar surface area (TPSA) is 94.2 Å². The van der Waals surface area contributed by atoms with Crippen LogP contribution in [0.2, 0.25) is 0 Å². The molecule has 0 radical (unpaired) electrons. The second kappa shape index (κ2) is 7.55. The van der Waals surface area contributed by atoms with Crippen molar-refractivity contribution < 1.29 is 9.21 Å². The van der Waals surface area contributed by atoms with Crippen LogP contribution in [0.3, 0.4) is 0 Å². The molecule has 144 valence electrons. The molecular formula is C22H17N3O4. The lowest BCUT2D eigenvalue weighted by Crippen LogP contribution is -2.30. The highest BCUT2D eigenvalue weighted by Crippen LogP contribution is 2.16. The highest BCUT2D eigenvalue weighted by atomic mass is 16.4. The van der Waals surface area contributed by atoms with Crippen molar-refractivity contribution in [1.29, 1.82) is 0 Å². The van der Waals surface area contributed by atoms with Gasteiger partial charge in [-0.2, -0.15) is 5.10 Å². The van der Waals surface area contributed by atoms with E-state index in [1.54, 1.807) is 30.3 Å². The summed E-state index contributed by atoms with van der Waals surface area (Å²) >= 11 is 0. The van der Waals surface area contributed by atoms with Gasteiger partial charge in [0.05, 0.1) is 5.69 Å². The fraction of sp³-hybridized carbons (Fsp3) is 0.0909. The van der Waals surface area contributed by atoms with Gasteiger partial charge >= 0.3 is 5.63 Å². The van der Waals surface area contributed by atoms with E-state index in [0.29, 0.717) is 16.7 Å². The molecule has 0 fully saturated rings. The Hall–Kier alpha value is -4.00. The van der Waals surface area contributed by atoms with E-state index in [1.807, 2.05) is 31.2 Å². The lowest BCUT2D eigenvalue weighted by atomic mass is 10.1. The number of hydrogen-bond acceptors (Lipinski definition) is 5. The van der Waals surface area contributed by atoms with Crippen LogP contribution in [0.5, 0.6) is 0 Å². The minimum Gasteiger partial charge on any atom is -0.421 e. The Kier molecular flexibility index (Phi) is 4.78. The molecule has 0 saturated heterocycles. The fourth-order valence-electron chi connectivity index (χ4n) is 2.92. The van der Waals surface area contributed by atoms with Crippen LogP contribution in [0.1, 0.15) is 5.56 Å². The number of fused-ring (bicyclic) bond motifs is 1. The molecule has 0 aliphatic carbocycles. The third-order valence-corrected chi connectivity index (χ3v) is 4.42. The van der Waals surface area contributed by atoms with Gasteiger partial charge < -0.3 is 9.73 Å². The molecule has 0 saturated carbocycles. The van der Waals surface area contributed by atoms with Gasteiger partial charge in [-0.15, -0.1) is 0 Å². The Bertz CT molecular complexity index is 1320. The first-order valence-corrected chi connectivity index (χ1v) is 8.97. The number of nitrogens with zero attached hydrogens (tertiary/aromatic N) is 2. The van der Waals surface area contributed by atoms with E-state index < -0.39 is 17.1 Å². The van der Waals surface area contributed by atoms with Crippen molar-refractivity contribution in [2.75, 3.05) is 5.32 Å². The first kappa shape index (κ1) is 18.4. The summed E-state index contributed by atoms with van der Waals surface area (Å²) in [7, 11) is 0. The van der Waals surface area contributed by atoms with Crippen LogP contribution in [0.4, 0.5) is 5.69 Å². The Balaban J connectivity index is 1.58. The maximum Gasteiger partial charge on any atom is 0.360 e. The molecule has 0 aliphatic rings. The van der Waals surface area contributed by atoms with Crippen molar-refractivity contribution in [3.63, 3.8) is 0 Å². The molecule has 0 aliphatic heterocycles. The Morgan fingerprint density at radius 3 is 2.59 bits per heavy atom. The predicted molar refractivity (Wildman–Crippen MR) is 110 cm³/mol. The number of carbonyl (C=O) groups excluding carboxylic acids is 1. The number of anilines is 1. The van der Waals surface area contributed by atoms with Gasteiger partial charge in [0.1, 0.15) is 17.8 Å². The molecule has 0 unspecified atom stereocenters. The minimum atomic E-state index is -0.661. The largest absolute Gasteiger partial charge is 0.421 e. The molecule has 0 atom stereocenters. The second-order valence-electron chi connectivity index (χ2n) is 6.61. The summed E-state index contributed by atoms with van der Waals surface area (Å²) in [5, 5.41) is 7.45. The monoisotopic (exact) mass is 387 g/mol. The molecule has 7 nitrogen and oxygen atoms in total. The van der Waals surface area contributed by atoms with Crippen LogP contribution in [-0.2, 0) is 11.3 Å². The molecule has 2 aromatic carbocycles. The summed E-state index contributed by atoms with van der Waals surface area (Å²) < 4.78 is 6.26. The molecule has 1 N–H and O–H groups in total. The summed E-state index contributed by atoms with van der Waals surface area (Å²) in [5.74, 6) is -0.553. The third-order valence-electron chi connectivity index (χ3n) is 4.42. The van der Waals surface area contributed by atoms with Gasteiger partial charge in [0.15, 0.2) is 0 Å². The lowest BCUT2D eigenvalue weighted by Gasteiger charge is -2.08. The summed E-state index contributed by atoms with van der Waals surface area (Å²) in [5.41, 5.74) is 1.88. The van der Waals surface area contributed by atoms with Crippen molar-refractivity contribution in [2.45, 2.75) is 13.5 Å². The maximum atomic E-state index is 12.4. The van der Waals surface area contributed by atoms with E-state index in [9.17, 15) is 14.4 Å². The molecule has 2 heterocycles. The smallest absolute Gasteiger partial charge is 0.360 e. The fourth-order valence-corrected chi connectivity index (χ4v) is 2.92. The molecule has 29 heavy (non-hydrogen) atoms. The standard InChI is InChI=1S/C22H17N3O4/c1-14-6-8-15(9-7-14)17-10-11-21(27)25(24-17)13-20(26)23-18-12-16-4-2-3-5-19(16)29-22(18)28/h2-12H,13H2,1H3,(H,23,26). The van der Waals surface area contributed by atoms with Crippen LogP contribution < -0.4 is 16.5 Å². The van der Waals surface area contributed by atoms with Crippen molar-refractivity contribution in [1.82, 2.24) is 9.78 Å². The van der Waals surface area contributed by atoms with Crippen LogP contribution in [-0.4, -0.2) is 15.7 Å². The summed E-state index contributed by atoms with van der Waals surface area (Å²) in [6.07, 6.45) is 0. The zero-order valence-corrected chi connectivity index (χ0v) is 15.6. The predicted octanol–water partition coefficient (Wildman–Crippen LogP) is 2.96. The third kappa shape index (κ3) is 3.98. The summed E-state index contributed by atoms with van der Waals surface area (Å²) in [6, 6.07) is 19.2. The van der Waals surface area contributed by atoms with Crippen LogP contribution in [0, 0.1) is 6.92 Å². The van der Waals surface area contributed by atoms with Gasteiger partial charge in [0, 0.05) is 17.0 Å². The minimum absolute atomic E-state index is 0.0106. The van der Waals surface area contributed by atoms with E-state index in [2.05, 4.69) is 10.4 Å². The number of aryl methyl sites for hydroxylation is 1. The number of amides is 1. The van der Waals surface area contributed by atoms with E-state index in [0.717, 1.165) is 15.8 Å². The number of hydrogen-bond donors (Lipinski definition) is 1. The number of benzene rings is 2. The number of rotatable bonds is 4. The van der Waals surface area contributed by atoms with E-state index in [1.165, 1.54) is 12.1 Å². The molecule has 1 amide bonds. The average molecular weight is 387 g/mol.